The molecule has 9 nitrogen and oxygen atoms in total. The van der Waals surface area contributed by atoms with E-state index in [-0.39, 0.29) is 28.5 Å². The third-order valence-corrected chi connectivity index (χ3v) is 5.08. The molecule has 9 heteroatoms. The van der Waals surface area contributed by atoms with Crippen LogP contribution in [0.25, 0.3) is 0 Å². The molecular formula is C25H26N2O7. The van der Waals surface area contributed by atoms with E-state index in [1.165, 1.54) is 38.7 Å². The molecule has 0 radical (unpaired) electrons. The molecule has 0 fully saturated rings. The number of carbonyl (C=O) groups is 3. The molecule has 2 N–H and O–H groups in total. The first-order valence-electron chi connectivity index (χ1n) is 10.5. The van der Waals surface area contributed by atoms with Crippen molar-refractivity contribution in [2.45, 2.75) is 20.3 Å². The van der Waals surface area contributed by atoms with Gasteiger partial charge in [-0.3, -0.25) is 9.59 Å². The molecule has 3 aromatic rings. The summed E-state index contributed by atoms with van der Waals surface area (Å²) in [6.07, 6.45) is 2.09. The summed E-state index contributed by atoms with van der Waals surface area (Å²) >= 11 is 0. The number of esters is 1. The third kappa shape index (κ3) is 5.55. The van der Waals surface area contributed by atoms with Crippen LogP contribution in [0, 0.1) is 6.92 Å². The summed E-state index contributed by atoms with van der Waals surface area (Å²) in [5, 5.41) is 5.40. The predicted molar refractivity (Wildman–Crippen MR) is 126 cm³/mol. The smallest absolute Gasteiger partial charge is 0.340 e. The molecule has 0 atom stereocenters. The number of hydrogen-bond acceptors (Lipinski definition) is 7. The van der Waals surface area contributed by atoms with Crippen molar-refractivity contribution in [1.29, 1.82) is 0 Å². The van der Waals surface area contributed by atoms with Gasteiger partial charge in [0.1, 0.15) is 0 Å². The number of aryl methyl sites for hydroxylation is 2. The lowest BCUT2D eigenvalue weighted by Crippen LogP contribution is -2.23. The van der Waals surface area contributed by atoms with Crippen molar-refractivity contribution in [3.05, 3.63) is 71.2 Å². The Morgan fingerprint density at radius 2 is 1.71 bits per heavy atom. The zero-order valence-corrected chi connectivity index (χ0v) is 19.4. The lowest BCUT2D eigenvalue weighted by atomic mass is 10.1. The molecule has 0 saturated heterocycles. The summed E-state index contributed by atoms with van der Waals surface area (Å²) in [6, 6.07) is 11.6. The second-order valence-corrected chi connectivity index (χ2v) is 7.27. The summed E-state index contributed by atoms with van der Waals surface area (Å²) in [4.78, 5) is 37.8. The first-order chi connectivity index (χ1) is 16.4. The molecule has 0 aliphatic rings. The van der Waals surface area contributed by atoms with E-state index in [9.17, 15) is 14.4 Å². The first-order valence-corrected chi connectivity index (χ1v) is 10.5. The molecule has 0 bridgehead atoms. The summed E-state index contributed by atoms with van der Waals surface area (Å²) in [5.41, 5.74) is 2.67. The van der Waals surface area contributed by atoms with Crippen LogP contribution in [0.2, 0.25) is 0 Å². The van der Waals surface area contributed by atoms with Crippen molar-refractivity contribution in [2.24, 2.45) is 0 Å². The zero-order valence-electron chi connectivity index (χ0n) is 19.4. The van der Waals surface area contributed by atoms with Crippen LogP contribution in [0.5, 0.6) is 11.5 Å². The Labute approximate surface area is 197 Å². The Hall–Kier alpha value is -4.27. The quantitative estimate of drug-likeness (QED) is 0.454. The number of benzene rings is 2. The van der Waals surface area contributed by atoms with Crippen LogP contribution in [0.1, 0.15) is 39.0 Å². The molecule has 0 saturated carbocycles. The number of nitrogens with one attached hydrogen (secondary N) is 2. The highest BCUT2D eigenvalue weighted by molar-refractivity contribution is 6.07. The highest BCUT2D eigenvalue weighted by atomic mass is 16.5. The maximum Gasteiger partial charge on any atom is 0.340 e. The van der Waals surface area contributed by atoms with Crippen LogP contribution >= 0.6 is 0 Å². The van der Waals surface area contributed by atoms with Gasteiger partial charge in [0.15, 0.2) is 23.9 Å². The number of para-hydroxylation sites is 1. The Bertz CT molecular complexity index is 1190. The SMILES string of the molecule is CCc1cccc(C)c1NC(=O)COC(=O)c1cc(OC)c(OC)cc1NC(=O)c1ccco1. The maximum atomic E-state index is 12.9. The fourth-order valence-corrected chi connectivity index (χ4v) is 3.33. The maximum absolute atomic E-state index is 12.9. The summed E-state index contributed by atoms with van der Waals surface area (Å²) in [6.45, 7) is 3.36. The van der Waals surface area contributed by atoms with Crippen LogP contribution in [-0.4, -0.2) is 38.6 Å². The minimum absolute atomic E-state index is 0.0181. The minimum Gasteiger partial charge on any atom is -0.493 e. The first kappa shape index (κ1) is 24.4. The van der Waals surface area contributed by atoms with Gasteiger partial charge in [-0.1, -0.05) is 25.1 Å². The molecule has 2 amide bonds. The van der Waals surface area contributed by atoms with E-state index in [0.29, 0.717) is 5.69 Å². The normalized spacial score (nSPS) is 10.4. The fraction of sp³-hybridized carbons (Fsp3) is 0.240. The molecule has 0 unspecified atom stereocenters. The molecule has 178 valence electrons. The number of rotatable bonds is 9. The van der Waals surface area contributed by atoms with Crippen molar-refractivity contribution >= 4 is 29.2 Å². The monoisotopic (exact) mass is 466 g/mol. The van der Waals surface area contributed by atoms with Crippen molar-refractivity contribution in [3.8, 4) is 11.5 Å². The predicted octanol–water partition coefficient (Wildman–Crippen LogP) is 4.22. The van der Waals surface area contributed by atoms with E-state index in [4.69, 9.17) is 18.6 Å². The molecule has 0 aliphatic carbocycles. The van der Waals surface area contributed by atoms with Crippen LogP contribution in [0.3, 0.4) is 0 Å². The van der Waals surface area contributed by atoms with E-state index in [0.717, 1.165) is 17.5 Å². The van der Waals surface area contributed by atoms with Crippen LogP contribution in [-0.2, 0) is 16.0 Å². The molecule has 3 rings (SSSR count). The van der Waals surface area contributed by atoms with Gasteiger partial charge in [-0.2, -0.15) is 0 Å². The standard InChI is InChI=1S/C25H26N2O7/c1-5-16-9-6-8-15(2)23(16)27-22(28)14-34-25(30)17-12-20(31-3)21(32-4)13-18(17)26-24(29)19-10-7-11-33-19/h6-13H,5,14H2,1-4H3,(H,26,29)(H,27,28). The summed E-state index contributed by atoms with van der Waals surface area (Å²) in [5.74, 6) is -1.29. The second-order valence-electron chi connectivity index (χ2n) is 7.27. The van der Waals surface area contributed by atoms with Crippen LogP contribution in [0.15, 0.2) is 53.1 Å². The number of carbonyl (C=O) groups excluding carboxylic acids is 3. The lowest BCUT2D eigenvalue weighted by molar-refractivity contribution is -0.119. The van der Waals surface area contributed by atoms with Gasteiger partial charge < -0.3 is 29.3 Å². The Balaban J connectivity index is 1.79. The average molecular weight is 466 g/mol. The highest BCUT2D eigenvalue weighted by Crippen LogP contribution is 2.34. The lowest BCUT2D eigenvalue weighted by Gasteiger charge is -2.15. The van der Waals surface area contributed by atoms with E-state index in [1.807, 2.05) is 32.0 Å². The van der Waals surface area contributed by atoms with Gasteiger partial charge in [0.05, 0.1) is 31.7 Å². The molecule has 0 aliphatic heterocycles. The van der Waals surface area contributed by atoms with Gasteiger partial charge in [-0.25, -0.2) is 4.79 Å². The van der Waals surface area contributed by atoms with Crippen LogP contribution in [0.4, 0.5) is 11.4 Å². The van der Waals surface area contributed by atoms with Crippen LogP contribution < -0.4 is 20.1 Å². The molecule has 1 aromatic heterocycles. The van der Waals surface area contributed by atoms with Gasteiger partial charge in [0, 0.05) is 17.8 Å². The zero-order chi connectivity index (χ0) is 24.7. The number of methoxy groups -OCH3 is 2. The van der Waals surface area contributed by atoms with Gasteiger partial charge in [0.25, 0.3) is 11.8 Å². The van der Waals surface area contributed by atoms with Crippen molar-refractivity contribution < 1.29 is 33.0 Å². The van der Waals surface area contributed by atoms with Crippen molar-refractivity contribution in [3.63, 3.8) is 0 Å². The van der Waals surface area contributed by atoms with E-state index >= 15 is 0 Å². The fourth-order valence-electron chi connectivity index (χ4n) is 3.33. The van der Waals surface area contributed by atoms with Crippen molar-refractivity contribution in [1.82, 2.24) is 0 Å². The molecule has 0 spiro atoms. The molecule has 2 aromatic carbocycles. The number of furan rings is 1. The van der Waals surface area contributed by atoms with Gasteiger partial charge in [-0.15, -0.1) is 0 Å². The Morgan fingerprint density at radius 3 is 2.35 bits per heavy atom. The number of ether oxygens (including phenoxy) is 3. The molecule has 34 heavy (non-hydrogen) atoms. The Kier molecular flexibility index (Phi) is 7.92. The van der Waals surface area contributed by atoms with Gasteiger partial charge in [-0.05, 0) is 36.6 Å². The second kappa shape index (κ2) is 11.0. The van der Waals surface area contributed by atoms with Gasteiger partial charge in [0.2, 0.25) is 0 Å². The average Bonchev–Trinajstić information content (AvgIpc) is 3.38. The van der Waals surface area contributed by atoms with Crippen molar-refractivity contribution in [2.75, 3.05) is 31.5 Å². The van der Waals surface area contributed by atoms with Gasteiger partial charge >= 0.3 is 5.97 Å². The van der Waals surface area contributed by atoms with E-state index < -0.39 is 24.4 Å². The number of hydrogen-bond donors (Lipinski definition) is 2. The highest BCUT2D eigenvalue weighted by Gasteiger charge is 2.22. The Morgan fingerprint density at radius 1 is 0.971 bits per heavy atom. The number of anilines is 2. The molecule has 1 heterocycles. The summed E-state index contributed by atoms with van der Waals surface area (Å²) < 4.78 is 20.9. The van der Waals surface area contributed by atoms with E-state index in [1.54, 1.807) is 6.07 Å². The minimum atomic E-state index is -0.827. The summed E-state index contributed by atoms with van der Waals surface area (Å²) in [7, 11) is 2.84. The van der Waals surface area contributed by atoms with E-state index in [2.05, 4.69) is 10.6 Å². The largest absolute Gasteiger partial charge is 0.493 e. The topological polar surface area (TPSA) is 116 Å². The number of amides is 2. The molecular weight excluding hydrogens is 440 g/mol. The third-order valence-electron chi connectivity index (χ3n) is 5.08.